The number of pyridine rings is 1. The van der Waals surface area contributed by atoms with Crippen molar-refractivity contribution in [2.75, 3.05) is 23.3 Å². The maximum Gasteiger partial charge on any atom is 0.333 e. The van der Waals surface area contributed by atoms with Crippen molar-refractivity contribution in [1.29, 1.82) is 5.26 Å². The number of fused-ring (bicyclic) bond motifs is 1. The molecular weight excluding hydrogens is 488 g/mol. The zero-order valence-electron chi connectivity index (χ0n) is 21.2. The van der Waals surface area contributed by atoms with Gasteiger partial charge in [0.2, 0.25) is 5.91 Å². The number of amides is 1. The number of nitrogens with one attached hydrogen (secondary N) is 1. The van der Waals surface area contributed by atoms with Gasteiger partial charge in [-0.05, 0) is 37.5 Å². The summed E-state index contributed by atoms with van der Waals surface area (Å²) in [6.07, 6.45) is 5.74. The predicted octanol–water partition coefficient (Wildman–Crippen LogP) is 1.32. The molecule has 1 N–H and O–H groups in total. The fourth-order valence-electron chi connectivity index (χ4n) is 4.57. The lowest BCUT2D eigenvalue weighted by molar-refractivity contribution is -0.118. The van der Waals surface area contributed by atoms with Crippen LogP contribution in [0.3, 0.4) is 0 Å². The molecule has 1 aliphatic rings. The molecule has 0 aliphatic carbocycles. The lowest BCUT2D eigenvalue weighted by Crippen LogP contribution is -2.40. The average molecular weight is 515 g/mol. The number of carbonyl (C=O) groups is 1. The number of nitrogens with zero attached hydrogens (tertiary/aromatic N) is 9. The Morgan fingerprint density at radius 3 is 2.74 bits per heavy atom. The van der Waals surface area contributed by atoms with Crippen molar-refractivity contribution in [2.24, 2.45) is 13.0 Å². The number of rotatable bonds is 6. The lowest BCUT2D eigenvalue weighted by Gasteiger charge is -2.17. The molecule has 0 spiro atoms. The highest BCUT2D eigenvalue weighted by Crippen LogP contribution is 2.24. The zero-order valence-corrected chi connectivity index (χ0v) is 21.2. The largest absolute Gasteiger partial charge is 0.356 e. The van der Waals surface area contributed by atoms with E-state index in [9.17, 15) is 14.4 Å². The van der Waals surface area contributed by atoms with Crippen LogP contribution in [0.25, 0.3) is 22.6 Å². The molecule has 1 fully saturated rings. The third-order valence-corrected chi connectivity index (χ3v) is 6.74. The molecule has 0 radical (unpaired) electrons. The van der Waals surface area contributed by atoms with Gasteiger partial charge >= 0.3 is 5.69 Å². The summed E-state index contributed by atoms with van der Waals surface area (Å²) < 4.78 is 3.37. The molecular formula is C25H26N10O3. The molecule has 13 nitrogen and oxygen atoms in total. The van der Waals surface area contributed by atoms with E-state index in [1.807, 2.05) is 18.2 Å². The van der Waals surface area contributed by atoms with Gasteiger partial charge in [-0.2, -0.15) is 5.26 Å². The average Bonchev–Trinajstić information content (AvgIpc) is 3.56. The molecule has 2 atom stereocenters. The van der Waals surface area contributed by atoms with Crippen LogP contribution in [0.15, 0.2) is 46.5 Å². The van der Waals surface area contributed by atoms with Crippen molar-refractivity contribution in [2.45, 2.75) is 32.9 Å². The van der Waals surface area contributed by atoms with E-state index < -0.39 is 29.7 Å². The Morgan fingerprint density at radius 2 is 2.05 bits per heavy atom. The van der Waals surface area contributed by atoms with Crippen molar-refractivity contribution in [3.63, 3.8) is 0 Å². The van der Waals surface area contributed by atoms with Gasteiger partial charge in [-0.1, -0.05) is 6.92 Å². The van der Waals surface area contributed by atoms with E-state index >= 15 is 0 Å². The molecule has 0 saturated carbocycles. The first kappa shape index (κ1) is 24.8. The number of nitriles is 1. The van der Waals surface area contributed by atoms with Gasteiger partial charge in [-0.25, -0.2) is 29.3 Å². The van der Waals surface area contributed by atoms with Crippen LogP contribution in [-0.4, -0.2) is 52.6 Å². The summed E-state index contributed by atoms with van der Waals surface area (Å²) in [6.45, 7) is 5.38. The number of carbonyl (C=O) groups excluding carboxylic acids is 1. The van der Waals surface area contributed by atoms with Gasteiger partial charge < -0.3 is 14.8 Å². The molecule has 2 unspecified atom stereocenters. The molecule has 0 aromatic carbocycles. The zero-order chi connectivity index (χ0) is 27.0. The van der Waals surface area contributed by atoms with Gasteiger partial charge in [0.15, 0.2) is 17.0 Å². The highest BCUT2D eigenvalue weighted by molar-refractivity contribution is 5.93. The second-order valence-electron chi connectivity index (χ2n) is 9.39. The molecule has 1 aliphatic heterocycles. The van der Waals surface area contributed by atoms with E-state index in [-0.39, 0.29) is 17.0 Å². The van der Waals surface area contributed by atoms with Crippen LogP contribution in [0.5, 0.6) is 0 Å². The Kier molecular flexibility index (Phi) is 6.46. The van der Waals surface area contributed by atoms with Crippen molar-refractivity contribution in [3.05, 3.63) is 57.8 Å². The van der Waals surface area contributed by atoms with Crippen LogP contribution in [0.4, 0.5) is 11.6 Å². The molecule has 1 saturated heterocycles. The van der Waals surface area contributed by atoms with Crippen LogP contribution >= 0.6 is 0 Å². The van der Waals surface area contributed by atoms with E-state index in [1.54, 1.807) is 25.4 Å². The van der Waals surface area contributed by atoms with E-state index in [4.69, 9.17) is 5.26 Å². The maximum absolute atomic E-state index is 13.1. The second-order valence-corrected chi connectivity index (χ2v) is 9.39. The molecule has 1 amide bonds. The quantitative estimate of drug-likeness (QED) is 0.401. The first-order valence-electron chi connectivity index (χ1n) is 12.2. The molecule has 0 bridgehead atoms. The van der Waals surface area contributed by atoms with E-state index in [0.717, 1.165) is 29.9 Å². The third-order valence-electron chi connectivity index (χ3n) is 6.74. The highest BCUT2D eigenvalue weighted by Gasteiger charge is 2.23. The minimum atomic E-state index is -0.872. The second kappa shape index (κ2) is 9.89. The van der Waals surface area contributed by atoms with Crippen molar-refractivity contribution < 1.29 is 4.79 Å². The SMILES string of the molecule is CC1CCN(c2ccc(-c3nccc(NC(=O)C(C)n4cnc5c4c(=O)n(CC#N)c(=O)n5C)n3)cn2)C1. The Balaban J connectivity index is 1.38. The van der Waals surface area contributed by atoms with Gasteiger partial charge in [0.05, 0.1) is 12.4 Å². The number of hydrogen-bond acceptors (Lipinski definition) is 9. The Morgan fingerprint density at radius 1 is 1.24 bits per heavy atom. The number of aryl methyl sites for hydroxylation is 1. The van der Waals surface area contributed by atoms with E-state index in [1.165, 1.54) is 22.5 Å². The molecule has 13 heteroatoms. The summed E-state index contributed by atoms with van der Waals surface area (Å²) in [5, 5.41) is 11.8. The van der Waals surface area contributed by atoms with E-state index in [2.05, 4.69) is 37.1 Å². The minimum Gasteiger partial charge on any atom is -0.356 e. The normalized spacial score (nSPS) is 15.9. The standard InChI is InChI=1S/C25H26N10O3/c1-15-7-10-33(13-15)19-5-4-17(12-28-19)21-27-9-6-18(30-21)31-23(36)16(2)35-14-29-22-20(35)24(37)34(11-8-26)25(38)32(22)3/h4-6,9,12,14-16H,7,10-11,13H2,1-3H3,(H,27,30,31,36). The van der Waals surface area contributed by atoms with Crippen molar-refractivity contribution >= 4 is 28.7 Å². The van der Waals surface area contributed by atoms with Gasteiger partial charge in [0.1, 0.15) is 24.2 Å². The number of anilines is 2. The summed E-state index contributed by atoms with van der Waals surface area (Å²) in [7, 11) is 1.45. The predicted molar refractivity (Wildman–Crippen MR) is 139 cm³/mol. The van der Waals surface area contributed by atoms with Gasteiger partial charge in [0.25, 0.3) is 5.56 Å². The highest BCUT2D eigenvalue weighted by atomic mass is 16.2. The van der Waals surface area contributed by atoms with Crippen LogP contribution in [0.1, 0.15) is 26.3 Å². The molecule has 5 heterocycles. The summed E-state index contributed by atoms with van der Waals surface area (Å²) in [5.41, 5.74) is -0.461. The molecule has 38 heavy (non-hydrogen) atoms. The van der Waals surface area contributed by atoms with Crippen molar-refractivity contribution in [1.82, 2.24) is 33.6 Å². The third kappa shape index (κ3) is 4.40. The fraction of sp³-hybridized carbons (Fsp3) is 0.360. The minimum absolute atomic E-state index is 0.0481. The molecule has 4 aromatic rings. The smallest absolute Gasteiger partial charge is 0.333 e. The first-order valence-corrected chi connectivity index (χ1v) is 12.2. The Hall–Kier alpha value is -4.86. The maximum atomic E-state index is 13.1. The summed E-state index contributed by atoms with van der Waals surface area (Å²) in [6, 6.07) is 6.36. The number of aromatic nitrogens is 7. The van der Waals surface area contributed by atoms with Crippen LogP contribution < -0.4 is 21.5 Å². The Labute approximate surface area is 217 Å². The van der Waals surface area contributed by atoms with Gasteiger partial charge in [-0.3, -0.25) is 14.2 Å². The monoisotopic (exact) mass is 514 g/mol. The van der Waals surface area contributed by atoms with Crippen LogP contribution in [0, 0.1) is 17.2 Å². The van der Waals surface area contributed by atoms with Crippen LogP contribution in [-0.2, 0) is 18.4 Å². The molecule has 194 valence electrons. The summed E-state index contributed by atoms with van der Waals surface area (Å²) in [5.74, 6) is 1.80. The van der Waals surface area contributed by atoms with Gasteiger partial charge in [0, 0.05) is 38.1 Å². The fourth-order valence-corrected chi connectivity index (χ4v) is 4.57. The first-order chi connectivity index (χ1) is 18.3. The van der Waals surface area contributed by atoms with E-state index in [0.29, 0.717) is 17.3 Å². The summed E-state index contributed by atoms with van der Waals surface area (Å²) >= 11 is 0. The number of imidazole rings is 1. The number of hydrogen-bond donors (Lipinski definition) is 1. The summed E-state index contributed by atoms with van der Waals surface area (Å²) in [4.78, 5) is 58.3. The molecule has 4 aromatic heterocycles. The molecule has 5 rings (SSSR count). The lowest BCUT2D eigenvalue weighted by atomic mass is 10.2. The Bertz CT molecular complexity index is 1680. The topological polar surface area (TPSA) is 157 Å². The van der Waals surface area contributed by atoms with Crippen LogP contribution in [0.2, 0.25) is 0 Å². The van der Waals surface area contributed by atoms with Gasteiger partial charge in [-0.15, -0.1) is 0 Å². The van der Waals surface area contributed by atoms with Crippen molar-refractivity contribution in [3.8, 4) is 17.5 Å².